The summed E-state index contributed by atoms with van der Waals surface area (Å²) < 4.78 is 11.3. The summed E-state index contributed by atoms with van der Waals surface area (Å²) >= 11 is 3.31. The van der Waals surface area contributed by atoms with Crippen molar-refractivity contribution in [3.8, 4) is 28.3 Å². The number of allylic oxidation sites excluding steroid dienone is 1. The Morgan fingerprint density at radius 3 is 2.37 bits per heavy atom. The minimum atomic E-state index is -0.359. The molecule has 6 aromatic carbocycles. The number of fused-ring (bicyclic) bond motifs is 14. The maximum Gasteiger partial charge on any atom is 0.160 e. The molecule has 6 heterocycles. The van der Waals surface area contributed by atoms with E-state index in [2.05, 4.69) is 142 Å². The molecule has 0 atom stereocenters. The van der Waals surface area contributed by atoms with Crippen LogP contribution in [0.5, 0.6) is 0 Å². The highest BCUT2D eigenvalue weighted by molar-refractivity contribution is 14.2. The van der Waals surface area contributed by atoms with E-state index in [1.54, 1.807) is 11.3 Å². The van der Waals surface area contributed by atoms with Crippen molar-refractivity contribution in [2.45, 2.75) is 0 Å². The normalized spacial score (nSPS) is 12.7. The second kappa shape index (κ2) is 12.7. The highest BCUT2D eigenvalue weighted by Gasteiger charge is 2.26. The lowest BCUT2D eigenvalue weighted by atomic mass is 10.0. The van der Waals surface area contributed by atoms with Crippen LogP contribution in [0.15, 0.2) is 141 Å². The van der Waals surface area contributed by atoms with Crippen LogP contribution in [0.3, 0.4) is 0 Å². The van der Waals surface area contributed by atoms with Gasteiger partial charge in [-0.2, -0.15) is 0 Å². The Labute approximate surface area is 345 Å². The average Bonchev–Trinajstić information content (AvgIpc) is 3.95. The maximum absolute atomic E-state index is 5.45. The monoisotopic (exact) mass is 876 g/mol. The van der Waals surface area contributed by atoms with E-state index in [0.29, 0.717) is 5.82 Å². The van der Waals surface area contributed by atoms with Crippen LogP contribution in [0.25, 0.3) is 120 Å². The van der Waals surface area contributed by atoms with Gasteiger partial charge in [-0.1, -0.05) is 113 Å². The second-order valence-electron chi connectivity index (χ2n) is 14.3. The fourth-order valence-corrected chi connectivity index (χ4v) is 13.5. The van der Waals surface area contributed by atoms with E-state index in [4.69, 9.17) is 9.97 Å². The Morgan fingerprint density at radius 2 is 1.49 bits per heavy atom. The Balaban J connectivity index is 1.21. The zero-order chi connectivity index (χ0) is 37.8. The van der Waals surface area contributed by atoms with Gasteiger partial charge in [-0.25, -0.2) is 9.97 Å². The van der Waals surface area contributed by atoms with E-state index in [1.807, 2.05) is 41.9 Å². The predicted octanol–water partition coefficient (Wildman–Crippen LogP) is 14.4. The van der Waals surface area contributed by atoms with Crippen LogP contribution < -0.4 is 0 Å². The van der Waals surface area contributed by atoms with E-state index >= 15 is 0 Å². The molecule has 0 fully saturated rings. The molecule has 7 heteroatoms. The third-order valence-electron chi connectivity index (χ3n) is 11.1. The SMILES string of the molecule is C=Cc1cc(-c2nc(-c3ccc4cnccc4c3)nc3c2sc2ccccc23)cc(-n2c3ccc(C=C)cc3c3c4c(c5sc6ccccc6c5c32)C=CC=I4)c1. The zero-order valence-electron chi connectivity index (χ0n) is 30.3. The van der Waals surface area contributed by atoms with Crippen molar-refractivity contribution in [1.29, 1.82) is 0 Å². The molecule has 0 N–H and O–H groups in total. The van der Waals surface area contributed by atoms with Gasteiger partial charge in [0.15, 0.2) is 5.82 Å². The molecule has 5 aromatic heterocycles. The molecule has 0 aliphatic carbocycles. The molecule has 12 rings (SSSR count). The Kier molecular flexibility index (Phi) is 7.36. The Hall–Kier alpha value is -6.13. The lowest BCUT2D eigenvalue weighted by Crippen LogP contribution is -1.99. The van der Waals surface area contributed by atoms with Crippen LogP contribution in [0.4, 0.5) is 0 Å². The molecule has 11 aromatic rings. The summed E-state index contributed by atoms with van der Waals surface area (Å²) in [4.78, 5) is 15.1. The summed E-state index contributed by atoms with van der Waals surface area (Å²) in [6.45, 7) is 8.47. The fourth-order valence-electron chi connectivity index (χ4n) is 8.52. The number of benzene rings is 6. The van der Waals surface area contributed by atoms with Crippen molar-refractivity contribution in [1.82, 2.24) is 19.5 Å². The lowest BCUT2D eigenvalue weighted by Gasteiger charge is -2.15. The van der Waals surface area contributed by atoms with Gasteiger partial charge in [-0.05, 0) is 75.1 Å². The molecule has 0 saturated carbocycles. The van der Waals surface area contributed by atoms with Crippen LogP contribution in [0.2, 0.25) is 0 Å². The van der Waals surface area contributed by atoms with Gasteiger partial charge in [-0.15, -0.1) is 22.7 Å². The van der Waals surface area contributed by atoms with Gasteiger partial charge in [0.1, 0.15) is 0 Å². The first-order valence-electron chi connectivity index (χ1n) is 18.7. The number of nitrogens with zero attached hydrogens (tertiary/aromatic N) is 4. The van der Waals surface area contributed by atoms with E-state index < -0.39 is 0 Å². The molecule has 57 heavy (non-hydrogen) atoms. The molecular formula is C50H29IN4S2. The van der Waals surface area contributed by atoms with E-state index in [9.17, 15) is 0 Å². The van der Waals surface area contributed by atoms with E-state index in [0.717, 1.165) is 60.0 Å². The maximum atomic E-state index is 5.45. The summed E-state index contributed by atoms with van der Waals surface area (Å²) in [5.74, 6) is 0.699. The topological polar surface area (TPSA) is 43.6 Å². The number of thiophene rings is 2. The number of pyridine rings is 1. The van der Waals surface area contributed by atoms with Crippen LogP contribution >= 0.6 is 43.4 Å². The molecule has 0 bridgehead atoms. The summed E-state index contributed by atoms with van der Waals surface area (Å²) in [7, 11) is 0. The number of hydrogen-bond acceptors (Lipinski definition) is 5. The smallest absolute Gasteiger partial charge is 0.160 e. The number of rotatable bonds is 5. The minimum absolute atomic E-state index is 0.359. The van der Waals surface area contributed by atoms with Crippen LogP contribution in [0.1, 0.15) is 16.7 Å². The average molecular weight is 877 g/mol. The summed E-state index contributed by atoms with van der Waals surface area (Å²) in [6, 6.07) is 39.5. The molecular weight excluding hydrogens is 848 g/mol. The van der Waals surface area contributed by atoms with Gasteiger partial charge in [-0.3, -0.25) is 4.98 Å². The van der Waals surface area contributed by atoms with Gasteiger partial charge < -0.3 is 4.57 Å². The number of hydrogen-bond donors (Lipinski definition) is 0. The molecule has 268 valence electrons. The largest absolute Gasteiger partial charge is 0.308 e. The van der Waals surface area contributed by atoms with Gasteiger partial charge in [0.05, 0.1) is 26.9 Å². The Bertz CT molecular complexity index is 3640. The molecule has 0 spiro atoms. The summed E-state index contributed by atoms with van der Waals surface area (Å²) in [6.07, 6.45) is 12.3. The van der Waals surface area contributed by atoms with Crippen LogP contribution in [-0.4, -0.2) is 23.5 Å². The van der Waals surface area contributed by atoms with Crippen molar-refractivity contribution in [3.63, 3.8) is 0 Å². The van der Waals surface area contributed by atoms with Gasteiger partial charge in [0.25, 0.3) is 0 Å². The van der Waals surface area contributed by atoms with Crippen molar-refractivity contribution < 1.29 is 0 Å². The summed E-state index contributed by atoms with van der Waals surface area (Å²) in [5.41, 5.74) is 10.9. The zero-order valence-corrected chi connectivity index (χ0v) is 34.1. The van der Waals surface area contributed by atoms with Crippen LogP contribution in [-0.2, 0) is 0 Å². The summed E-state index contributed by atoms with van der Waals surface area (Å²) in [5, 5.41) is 8.54. The minimum Gasteiger partial charge on any atom is -0.308 e. The molecule has 0 radical (unpaired) electrons. The molecule has 0 unspecified atom stereocenters. The van der Waals surface area contributed by atoms with Crippen molar-refractivity contribution >= 4 is 139 Å². The molecule has 0 amide bonds. The van der Waals surface area contributed by atoms with Gasteiger partial charge >= 0.3 is 0 Å². The van der Waals surface area contributed by atoms with Crippen molar-refractivity contribution in [2.24, 2.45) is 0 Å². The molecule has 4 nitrogen and oxygen atoms in total. The van der Waals surface area contributed by atoms with E-state index in [1.165, 1.54) is 55.8 Å². The molecule has 1 aliphatic rings. The van der Waals surface area contributed by atoms with Gasteiger partial charge in [0.2, 0.25) is 0 Å². The lowest BCUT2D eigenvalue weighted by molar-refractivity contribution is 1.18. The number of halogens is 1. The quantitative estimate of drug-likeness (QED) is 0.162. The van der Waals surface area contributed by atoms with E-state index in [-0.39, 0.29) is 20.7 Å². The fraction of sp³-hybridized carbons (Fsp3) is 0. The predicted molar refractivity (Wildman–Crippen MR) is 256 cm³/mol. The standard InChI is InChI=1S/C50H29IN4S2/c1-3-28-15-18-39-38(24-28)42-44-37(12-9-20-51-44)48-43(35-10-5-7-13-40(35)56-48)47(42)55(39)34-23-29(4-2)22-33(26-34)45-49-46(36-11-6-8-14-41(36)57-49)54-50(53-45)31-16-17-32-27-52-21-19-30(32)25-31/h3-27H,1-2H2. The first-order chi connectivity index (χ1) is 28.1. The third-order valence-corrected chi connectivity index (χ3v) is 16.0. The first kappa shape index (κ1) is 33.1. The molecule has 1 aliphatic heterocycles. The molecule has 0 saturated heterocycles. The van der Waals surface area contributed by atoms with Crippen molar-refractivity contribution in [3.05, 3.63) is 161 Å². The highest BCUT2D eigenvalue weighted by Crippen LogP contribution is 2.50. The number of aromatic nitrogens is 4. The highest BCUT2D eigenvalue weighted by atomic mass is 127. The first-order valence-corrected chi connectivity index (χ1v) is 22.6. The van der Waals surface area contributed by atoms with Crippen LogP contribution in [0, 0.1) is 3.57 Å². The van der Waals surface area contributed by atoms with Gasteiger partial charge in [0, 0.05) is 84.8 Å². The second-order valence-corrected chi connectivity index (χ2v) is 18.8. The third kappa shape index (κ3) is 4.95. The Morgan fingerprint density at radius 1 is 0.667 bits per heavy atom. The van der Waals surface area contributed by atoms with Crippen molar-refractivity contribution in [2.75, 3.05) is 0 Å².